The molecule has 0 bridgehead atoms. The number of rotatable bonds is 7. The molecular formula is C19H18ClN3O3S. The number of halogens is 1. The van der Waals surface area contributed by atoms with Crippen molar-refractivity contribution in [3.8, 4) is 0 Å². The summed E-state index contributed by atoms with van der Waals surface area (Å²) in [5, 5.41) is 6.64. The third kappa shape index (κ3) is 5.42. The van der Waals surface area contributed by atoms with Gasteiger partial charge in [0, 0.05) is 35.5 Å². The van der Waals surface area contributed by atoms with Gasteiger partial charge < -0.3 is 15.1 Å². The van der Waals surface area contributed by atoms with E-state index >= 15 is 0 Å². The largest absolute Gasteiger partial charge is 0.459 e. The molecule has 2 heterocycles. The molecule has 27 heavy (non-hydrogen) atoms. The molecule has 0 aliphatic rings. The summed E-state index contributed by atoms with van der Waals surface area (Å²) in [5.74, 6) is -0.341. The number of aromatic nitrogens is 1. The zero-order valence-electron chi connectivity index (χ0n) is 14.6. The van der Waals surface area contributed by atoms with Crippen molar-refractivity contribution < 1.29 is 14.0 Å². The third-order valence-electron chi connectivity index (χ3n) is 3.80. The van der Waals surface area contributed by atoms with Gasteiger partial charge in [-0.05, 0) is 36.2 Å². The molecule has 0 saturated carbocycles. The van der Waals surface area contributed by atoms with Gasteiger partial charge in [-0.25, -0.2) is 4.98 Å². The highest BCUT2D eigenvalue weighted by molar-refractivity contribution is 7.15. The van der Waals surface area contributed by atoms with E-state index in [-0.39, 0.29) is 30.5 Å². The monoisotopic (exact) mass is 403 g/mol. The lowest BCUT2D eigenvalue weighted by atomic mass is 10.1. The second-order valence-corrected chi connectivity index (χ2v) is 7.45. The lowest BCUT2D eigenvalue weighted by molar-refractivity contribution is -0.116. The number of hydrogen-bond donors (Lipinski definition) is 2. The Kier molecular flexibility index (Phi) is 6.26. The quantitative estimate of drug-likeness (QED) is 0.623. The first kappa shape index (κ1) is 19.1. The van der Waals surface area contributed by atoms with Crippen molar-refractivity contribution in [3.05, 3.63) is 69.6 Å². The van der Waals surface area contributed by atoms with E-state index in [1.807, 2.05) is 25.1 Å². The van der Waals surface area contributed by atoms with Crippen LogP contribution in [0.1, 0.15) is 33.0 Å². The van der Waals surface area contributed by atoms with Gasteiger partial charge in [-0.3, -0.25) is 9.59 Å². The van der Waals surface area contributed by atoms with Gasteiger partial charge >= 0.3 is 0 Å². The summed E-state index contributed by atoms with van der Waals surface area (Å²) in [5.41, 5.74) is 2.13. The average Bonchev–Trinajstić information content (AvgIpc) is 3.30. The molecule has 0 aliphatic carbocycles. The molecule has 0 saturated heterocycles. The van der Waals surface area contributed by atoms with Gasteiger partial charge in [0.05, 0.1) is 6.26 Å². The maximum atomic E-state index is 12.0. The number of aryl methyl sites for hydroxylation is 1. The van der Waals surface area contributed by atoms with Crippen molar-refractivity contribution in [3.63, 3.8) is 0 Å². The van der Waals surface area contributed by atoms with E-state index in [2.05, 4.69) is 15.6 Å². The lowest BCUT2D eigenvalue weighted by Crippen LogP contribution is -2.27. The molecule has 0 aliphatic heterocycles. The Labute approximate surface area is 165 Å². The van der Waals surface area contributed by atoms with Gasteiger partial charge in [0.25, 0.3) is 5.91 Å². The Morgan fingerprint density at radius 1 is 1.30 bits per heavy atom. The number of benzene rings is 1. The van der Waals surface area contributed by atoms with Crippen LogP contribution in [0.25, 0.3) is 0 Å². The Hall–Kier alpha value is -2.64. The zero-order chi connectivity index (χ0) is 19.2. The maximum Gasteiger partial charge on any atom is 0.286 e. The highest BCUT2D eigenvalue weighted by Crippen LogP contribution is 2.23. The predicted molar refractivity (Wildman–Crippen MR) is 105 cm³/mol. The SMILES string of the molecule is Cc1ccc(Cc2cnc(NC(=O)CCNC(=O)c3ccco3)s2)cc1Cl. The first-order valence-electron chi connectivity index (χ1n) is 8.32. The number of nitrogens with one attached hydrogen (secondary N) is 2. The second-order valence-electron chi connectivity index (χ2n) is 5.92. The van der Waals surface area contributed by atoms with Crippen molar-refractivity contribution in [2.45, 2.75) is 19.8 Å². The number of hydrogen-bond acceptors (Lipinski definition) is 5. The van der Waals surface area contributed by atoms with Crippen LogP contribution in [0.5, 0.6) is 0 Å². The van der Waals surface area contributed by atoms with Gasteiger partial charge in [0.2, 0.25) is 5.91 Å². The summed E-state index contributed by atoms with van der Waals surface area (Å²) in [6.07, 6.45) is 4.01. The fraction of sp³-hybridized carbons (Fsp3) is 0.211. The molecule has 2 aromatic heterocycles. The van der Waals surface area contributed by atoms with E-state index < -0.39 is 0 Å². The number of anilines is 1. The first-order valence-corrected chi connectivity index (χ1v) is 9.52. The highest BCUT2D eigenvalue weighted by atomic mass is 35.5. The predicted octanol–water partition coefficient (Wildman–Crippen LogP) is 4.05. The molecule has 140 valence electrons. The standard InChI is InChI=1S/C19H18ClN3O3S/c1-12-4-5-13(10-15(12)20)9-14-11-22-19(27-14)23-17(24)6-7-21-18(25)16-3-2-8-26-16/h2-5,8,10-11H,6-7,9H2,1H3,(H,21,25)(H,22,23,24). The summed E-state index contributed by atoms with van der Waals surface area (Å²) in [7, 11) is 0. The third-order valence-corrected chi connectivity index (χ3v) is 5.12. The second kappa shape index (κ2) is 8.83. The van der Waals surface area contributed by atoms with Crippen molar-refractivity contribution >= 4 is 39.9 Å². The number of amides is 2. The van der Waals surface area contributed by atoms with Crippen LogP contribution in [-0.4, -0.2) is 23.3 Å². The van der Waals surface area contributed by atoms with Gasteiger partial charge in [0.15, 0.2) is 10.9 Å². The number of carbonyl (C=O) groups is 2. The van der Waals surface area contributed by atoms with Crippen LogP contribution < -0.4 is 10.6 Å². The minimum absolute atomic E-state index is 0.148. The van der Waals surface area contributed by atoms with E-state index in [1.165, 1.54) is 17.6 Å². The smallest absolute Gasteiger partial charge is 0.286 e. The normalized spacial score (nSPS) is 10.6. The van der Waals surface area contributed by atoms with Crippen LogP contribution in [0, 0.1) is 6.92 Å². The van der Waals surface area contributed by atoms with E-state index in [0.29, 0.717) is 11.6 Å². The fourth-order valence-corrected chi connectivity index (χ4v) is 3.43. The first-order chi connectivity index (χ1) is 13.0. The highest BCUT2D eigenvalue weighted by Gasteiger charge is 2.11. The molecule has 2 amide bonds. The molecule has 2 N–H and O–H groups in total. The van der Waals surface area contributed by atoms with Crippen molar-refractivity contribution in [2.75, 3.05) is 11.9 Å². The molecule has 0 fully saturated rings. The topological polar surface area (TPSA) is 84.2 Å². The van der Waals surface area contributed by atoms with Crippen LogP contribution in [0.3, 0.4) is 0 Å². The van der Waals surface area contributed by atoms with Gasteiger partial charge in [-0.1, -0.05) is 23.7 Å². The molecule has 0 atom stereocenters. The summed E-state index contributed by atoms with van der Waals surface area (Å²) in [6, 6.07) is 9.15. The molecule has 3 aromatic rings. The minimum atomic E-state index is -0.346. The van der Waals surface area contributed by atoms with Crippen molar-refractivity contribution in [1.29, 1.82) is 0 Å². The Morgan fingerprint density at radius 2 is 2.15 bits per heavy atom. The van der Waals surface area contributed by atoms with Crippen LogP contribution in [0.2, 0.25) is 5.02 Å². The maximum absolute atomic E-state index is 12.0. The number of furan rings is 1. The summed E-state index contributed by atoms with van der Waals surface area (Å²) >= 11 is 7.57. The molecule has 0 radical (unpaired) electrons. The fourth-order valence-electron chi connectivity index (χ4n) is 2.36. The number of thiazole rings is 1. The van der Waals surface area contributed by atoms with Crippen molar-refractivity contribution in [2.24, 2.45) is 0 Å². The van der Waals surface area contributed by atoms with E-state index in [9.17, 15) is 9.59 Å². The molecular weight excluding hydrogens is 386 g/mol. The number of carbonyl (C=O) groups excluding carboxylic acids is 2. The molecule has 6 nitrogen and oxygen atoms in total. The van der Waals surface area contributed by atoms with Gasteiger partial charge in [0.1, 0.15) is 0 Å². The van der Waals surface area contributed by atoms with E-state index in [1.54, 1.807) is 18.3 Å². The Balaban J connectivity index is 1.46. The number of nitrogens with zero attached hydrogens (tertiary/aromatic N) is 1. The average molecular weight is 404 g/mol. The summed E-state index contributed by atoms with van der Waals surface area (Å²) < 4.78 is 4.98. The van der Waals surface area contributed by atoms with Crippen LogP contribution >= 0.6 is 22.9 Å². The van der Waals surface area contributed by atoms with Gasteiger partial charge in [-0.2, -0.15) is 0 Å². The minimum Gasteiger partial charge on any atom is -0.459 e. The molecule has 1 aromatic carbocycles. The molecule has 0 unspecified atom stereocenters. The summed E-state index contributed by atoms with van der Waals surface area (Å²) in [6.45, 7) is 2.18. The van der Waals surface area contributed by atoms with E-state index in [0.717, 1.165) is 21.0 Å². The molecule has 8 heteroatoms. The van der Waals surface area contributed by atoms with Crippen LogP contribution in [0.15, 0.2) is 47.2 Å². The van der Waals surface area contributed by atoms with Crippen molar-refractivity contribution in [1.82, 2.24) is 10.3 Å². The molecule has 3 rings (SSSR count). The Morgan fingerprint density at radius 3 is 2.89 bits per heavy atom. The zero-order valence-corrected chi connectivity index (χ0v) is 16.2. The lowest BCUT2D eigenvalue weighted by Gasteiger charge is -2.03. The van der Waals surface area contributed by atoms with E-state index in [4.69, 9.17) is 16.0 Å². The van der Waals surface area contributed by atoms with Crippen LogP contribution in [0.4, 0.5) is 5.13 Å². The van der Waals surface area contributed by atoms with Crippen LogP contribution in [-0.2, 0) is 11.2 Å². The Bertz CT molecular complexity index is 938. The van der Waals surface area contributed by atoms with Gasteiger partial charge in [-0.15, -0.1) is 11.3 Å². The molecule has 0 spiro atoms. The summed E-state index contributed by atoms with van der Waals surface area (Å²) in [4.78, 5) is 29.0.